The van der Waals surface area contributed by atoms with E-state index in [0.717, 1.165) is 5.39 Å². The first-order valence-corrected chi connectivity index (χ1v) is 10.00. The average Bonchev–Trinajstić information content (AvgIpc) is 3.19. The molecule has 0 bridgehead atoms. The lowest BCUT2D eigenvalue weighted by atomic mass is 10.1. The third-order valence-corrected chi connectivity index (χ3v) is 5.50. The van der Waals surface area contributed by atoms with E-state index >= 15 is 0 Å². The van der Waals surface area contributed by atoms with Crippen LogP contribution in [0, 0.1) is 11.3 Å². The van der Waals surface area contributed by atoms with Crippen LogP contribution in [0.25, 0.3) is 27.8 Å². The van der Waals surface area contributed by atoms with Crippen molar-refractivity contribution < 1.29 is 4.42 Å². The van der Waals surface area contributed by atoms with E-state index in [1.165, 1.54) is 17.5 Å². The third kappa shape index (κ3) is 4.03. The van der Waals surface area contributed by atoms with Crippen molar-refractivity contribution >= 4 is 56.8 Å². The highest BCUT2D eigenvalue weighted by molar-refractivity contribution is 7.11. The van der Waals surface area contributed by atoms with E-state index in [0.29, 0.717) is 43.2 Å². The molecule has 2 heterocycles. The number of benzene rings is 2. The highest BCUT2D eigenvalue weighted by Gasteiger charge is 2.14. The number of hydrogen-bond donors (Lipinski definition) is 1. The van der Waals surface area contributed by atoms with Crippen LogP contribution < -0.4 is 10.9 Å². The summed E-state index contributed by atoms with van der Waals surface area (Å²) in [5.41, 5.74) is 1.74. The second-order valence-electron chi connectivity index (χ2n) is 5.96. The van der Waals surface area contributed by atoms with E-state index in [1.807, 2.05) is 12.1 Å². The second kappa shape index (κ2) is 8.10. The molecule has 2 aromatic heterocycles. The minimum atomic E-state index is -0.478. The number of nitrogens with one attached hydrogen (secondary N) is 1. The van der Waals surface area contributed by atoms with Crippen molar-refractivity contribution in [2.75, 3.05) is 5.32 Å². The average molecular weight is 440 g/mol. The Labute approximate surface area is 179 Å². The lowest BCUT2D eigenvalue weighted by molar-refractivity contribution is 0.563. The van der Waals surface area contributed by atoms with Crippen molar-refractivity contribution in [3.63, 3.8) is 0 Å². The summed E-state index contributed by atoms with van der Waals surface area (Å²) in [7, 11) is 0. The number of nitriles is 1. The zero-order valence-electron chi connectivity index (χ0n) is 14.6. The number of fused-ring (bicyclic) bond motifs is 1. The fraction of sp³-hybridized carbons (Fsp3) is 0. The first kappa shape index (κ1) is 19.2. The quantitative estimate of drug-likeness (QED) is 0.302. The van der Waals surface area contributed by atoms with Crippen LogP contribution in [-0.2, 0) is 0 Å². The highest BCUT2D eigenvalue weighted by Crippen LogP contribution is 2.28. The van der Waals surface area contributed by atoms with Crippen LogP contribution in [0.3, 0.4) is 0 Å². The summed E-state index contributed by atoms with van der Waals surface area (Å²) >= 11 is 13.3. The monoisotopic (exact) mass is 439 g/mol. The Morgan fingerprint density at radius 2 is 2.03 bits per heavy atom. The van der Waals surface area contributed by atoms with Crippen molar-refractivity contribution in [1.29, 1.82) is 5.26 Å². The molecule has 4 aromatic rings. The molecule has 4 rings (SSSR count). The van der Waals surface area contributed by atoms with E-state index in [2.05, 4.69) is 16.4 Å². The number of hydrogen-bond acceptors (Lipinski definition) is 6. The van der Waals surface area contributed by atoms with Gasteiger partial charge in [0.25, 0.3) is 0 Å². The molecule has 1 N–H and O–H groups in total. The number of aromatic nitrogens is 1. The molecule has 0 saturated heterocycles. The van der Waals surface area contributed by atoms with Crippen LogP contribution in [0.4, 0.5) is 5.69 Å². The molecule has 0 radical (unpaired) electrons. The van der Waals surface area contributed by atoms with Gasteiger partial charge in [-0.05, 0) is 30.3 Å². The molecule has 142 valence electrons. The van der Waals surface area contributed by atoms with Gasteiger partial charge in [-0.2, -0.15) is 5.26 Å². The Hall–Kier alpha value is -3.11. The van der Waals surface area contributed by atoms with Gasteiger partial charge in [0, 0.05) is 22.0 Å². The molecular formula is C21H11Cl2N3O2S. The molecule has 0 spiro atoms. The summed E-state index contributed by atoms with van der Waals surface area (Å²) in [6, 6.07) is 16.1. The first-order valence-electron chi connectivity index (χ1n) is 8.36. The number of anilines is 1. The van der Waals surface area contributed by atoms with E-state index in [1.54, 1.807) is 41.8 Å². The lowest BCUT2D eigenvalue weighted by Crippen LogP contribution is -2.02. The zero-order valence-corrected chi connectivity index (χ0v) is 17.0. The Bertz CT molecular complexity index is 1350. The summed E-state index contributed by atoms with van der Waals surface area (Å²) in [5.74, 6) is 0. The van der Waals surface area contributed by atoms with Crippen molar-refractivity contribution in [2.45, 2.75) is 0 Å². The van der Waals surface area contributed by atoms with Crippen molar-refractivity contribution in [3.05, 3.63) is 85.6 Å². The summed E-state index contributed by atoms with van der Waals surface area (Å²) in [6.07, 6.45) is 1.51. The van der Waals surface area contributed by atoms with E-state index in [4.69, 9.17) is 27.6 Å². The number of nitrogens with zero attached hydrogens (tertiary/aromatic N) is 2. The van der Waals surface area contributed by atoms with E-state index in [9.17, 15) is 10.1 Å². The minimum Gasteiger partial charge on any atom is -0.422 e. The van der Waals surface area contributed by atoms with Gasteiger partial charge in [-0.1, -0.05) is 41.4 Å². The maximum atomic E-state index is 12.3. The maximum Gasteiger partial charge on any atom is 0.345 e. The van der Waals surface area contributed by atoms with Gasteiger partial charge in [0.2, 0.25) is 0 Å². The molecule has 0 unspecified atom stereocenters. The normalized spacial score (nSPS) is 11.4. The number of allylic oxidation sites excluding steroid dienone is 1. The highest BCUT2D eigenvalue weighted by atomic mass is 35.5. The maximum absolute atomic E-state index is 12.3. The molecule has 8 heteroatoms. The zero-order chi connectivity index (χ0) is 20.4. The Morgan fingerprint density at radius 3 is 2.83 bits per heavy atom. The molecule has 29 heavy (non-hydrogen) atoms. The number of rotatable bonds is 4. The fourth-order valence-electron chi connectivity index (χ4n) is 2.66. The predicted octanol–water partition coefficient (Wildman–Crippen LogP) is 6.20. The molecule has 0 aliphatic carbocycles. The second-order valence-corrected chi connectivity index (χ2v) is 7.66. The predicted molar refractivity (Wildman–Crippen MR) is 117 cm³/mol. The number of halogens is 2. The van der Waals surface area contributed by atoms with E-state index in [-0.39, 0.29) is 0 Å². The minimum absolute atomic E-state index is 0.303. The lowest BCUT2D eigenvalue weighted by Gasteiger charge is -2.04. The van der Waals surface area contributed by atoms with Gasteiger partial charge < -0.3 is 9.73 Å². The van der Waals surface area contributed by atoms with Gasteiger partial charge in [-0.3, -0.25) is 0 Å². The van der Waals surface area contributed by atoms with Gasteiger partial charge in [-0.15, -0.1) is 11.3 Å². The molecule has 0 aliphatic heterocycles. The van der Waals surface area contributed by atoms with Gasteiger partial charge in [0.1, 0.15) is 22.2 Å². The SMILES string of the molecule is N#CC(=CNc1ccc(Cl)cc1Cl)c1nc(-c2cc3ccccc3oc2=O)cs1. The van der Waals surface area contributed by atoms with Crippen molar-refractivity contribution in [2.24, 2.45) is 0 Å². The Kier molecular flexibility index (Phi) is 5.36. The first-order chi connectivity index (χ1) is 14.0. The molecule has 0 aliphatic rings. The van der Waals surface area contributed by atoms with E-state index < -0.39 is 5.63 Å². The van der Waals surface area contributed by atoms with Crippen molar-refractivity contribution in [1.82, 2.24) is 4.98 Å². The standard InChI is InChI=1S/C21H11Cl2N3O2S/c22-14-5-6-17(16(23)8-14)25-10-13(9-24)20-26-18(11-29-20)15-7-12-3-1-2-4-19(12)28-21(15)27/h1-8,10-11,25H. The van der Waals surface area contributed by atoms with Gasteiger partial charge >= 0.3 is 5.63 Å². The molecule has 5 nitrogen and oxygen atoms in total. The smallest absolute Gasteiger partial charge is 0.345 e. The Balaban J connectivity index is 1.66. The van der Waals surface area contributed by atoms with Gasteiger partial charge in [0.05, 0.1) is 22.0 Å². The van der Waals surface area contributed by atoms with Crippen molar-refractivity contribution in [3.8, 4) is 17.3 Å². The summed E-state index contributed by atoms with van der Waals surface area (Å²) in [5, 5.41) is 16.4. The molecule has 2 aromatic carbocycles. The summed E-state index contributed by atoms with van der Waals surface area (Å²) in [4.78, 5) is 16.8. The third-order valence-electron chi connectivity index (χ3n) is 4.08. The van der Waals surface area contributed by atoms with Crippen LogP contribution in [0.5, 0.6) is 0 Å². The van der Waals surface area contributed by atoms with Gasteiger partial charge in [-0.25, -0.2) is 9.78 Å². The molecule has 0 amide bonds. The van der Waals surface area contributed by atoms with Crippen LogP contribution >= 0.6 is 34.5 Å². The molecule has 0 fully saturated rings. The number of para-hydroxylation sites is 1. The van der Waals surface area contributed by atoms with Crippen LogP contribution in [0.1, 0.15) is 5.01 Å². The van der Waals surface area contributed by atoms with Crippen LogP contribution in [0.2, 0.25) is 10.0 Å². The number of thiazole rings is 1. The summed E-state index contributed by atoms with van der Waals surface area (Å²) < 4.78 is 5.36. The largest absolute Gasteiger partial charge is 0.422 e. The molecule has 0 atom stereocenters. The Morgan fingerprint density at radius 1 is 1.21 bits per heavy atom. The van der Waals surface area contributed by atoms with Crippen LogP contribution in [-0.4, -0.2) is 4.98 Å². The fourth-order valence-corrected chi connectivity index (χ4v) is 3.91. The topological polar surface area (TPSA) is 78.9 Å². The molecular weight excluding hydrogens is 429 g/mol. The summed E-state index contributed by atoms with van der Waals surface area (Å²) in [6.45, 7) is 0. The van der Waals surface area contributed by atoms with Gasteiger partial charge in [0.15, 0.2) is 0 Å². The molecule has 0 saturated carbocycles. The van der Waals surface area contributed by atoms with Crippen LogP contribution in [0.15, 0.2) is 69.3 Å².